The molecule has 1 rings (SSSR count). The van der Waals surface area contributed by atoms with Gasteiger partial charge in [0.1, 0.15) is 0 Å². The number of hydrogen-bond donors (Lipinski definition) is 1. The molecule has 1 aromatic rings. The molecule has 0 amide bonds. The summed E-state index contributed by atoms with van der Waals surface area (Å²) in [6, 6.07) is 5.55. The van der Waals surface area contributed by atoms with Crippen LogP contribution in [0.2, 0.25) is 0 Å². The molecule has 0 aliphatic heterocycles. The smallest absolute Gasteiger partial charge is 0.152 e. The first-order chi connectivity index (χ1) is 5.69. The molecule has 0 spiro atoms. The van der Waals surface area contributed by atoms with Crippen molar-refractivity contribution in [2.75, 3.05) is 0 Å². The van der Waals surface area contributed by atoms with Crippen LogP contribution in [0.25, 0.3) is 0 Å². The minimum atomic E-state index is 0.630. The second-order valence-corrected chi connectivity index (χ2v) is 2.67. The van der Waals surface area contributed by atoms with Crippen LogP contribution in [0, 0.1) is 25.2 Å². The van der Waals surface area contributed by atoms with Crippen molar-refractivity contribution in [3.8, 4) is 11.8 Å². The molecule has 0 fully saturated rings. The zero-order valence-electron chi connectivity index (χ0n) is 7.09. The Hall–Kier alpha value is -1.53. The molecule has 0 heterocycles. The van der Waals surface area contributed by atoms with Crippen LogP contribution in [0.3, 0.4) is 0 Å². The largest absolute Gasteiger partial charge is 0.411 e. The minimum absolute atomic E-state index is 0.630. The topological polar surface area (TPSA) is 59.0 Å². The van der Waals surface area contributed by atoms with Gasteiger partial charge in [0.2, 0.25) is 0 Å². The van der Waals surface area contributed by atoms with Gasteiger partial charge in [0, 0.05) is 0 Å². The van der Waals surface area contributed by atoms with Gasteiger partial charge in [-0.3, -0.25) is 0 Å². The Morgan fingerprint density at radius 1 is 1.33 bits per heavy atom. The molecule has 0 aliphatic carbocycles. The first kappa shape index (κ1) is 8.57. The molecule has 0 radical (unpaired) electrons. The van der Waals surface area contributed by atoms with Crippen LogP contribution >= 0.6 is 0 Å². The van der Waals surface area contributed by atoms with Gasteiger partial charge in [-0.1, -0.05) is 0 Å². The van der Waals surface area contributed by atoms with E-state index in [-0.39, 0.29) is 0 Å². The average molecular weight is 162 g/mol. The van der Waals surface area contributed by atoms with Crippen molar-refractivity contribution in [3.63, 3.8) is 0 Å². The second-order valence-electron chi connectivity index (χ2n) is 2.67. The van der Waals surface area contributed by atoms with Gasteiger partial charge in [-0.05, 0) is 37.1 Å². The van der Waals surface area contributed by atoms with Crippen LogP contribution < -0.4 is 10.7 Å². The standard InChI is InChI=1S/C9H10N2O/c1-6-3-8(5-10)4-7(2)9(6)12-11/h3-4H,11H2,1-2H3. The Morgan fingerprint density at radius 2 is 1.83 bits per heavy atom. The molecule has 2 N–H and O–H groups in total. The maximum Gasteiger partial charge on any atom is 0.152 e. The van der Waals surface area contributed by atoms with E-state index in [2.05, 4.69) is 10.9 Å². The van der Waals surface area contributed by atoms with Gasteiger partial charge in [0.05, 0.1) is 11.6 Å². The lowest BCUT2D eigenvalue weighted by Crippen LogP contribution is -2.05. The number of hydrogen-bond acceptors (Lipinski definition) is 3. The highest BCUT2D eigenvalue weighted by atomic mass is 16.6. The Kier molecular flexibility index (Phi) is 2.32. The molecule has 0 atom stereocenters. The van der Waals surface area contributed by atoms with E-state index < -0.39 is 0 Å². The Balaban J connectivity index is 3.30. The van der Waals surface area contributed by atoms with Gasteiger partial charge in [-0.15, -0.1) is 0 Å². The van der Waals surface area contributed by atoms with Crippen LogP contribution in [0.15, 0.2) is 12.1 Å². The van der Waals surface area contributed by atoms with E-state index in [4.69, 9.17) is 11.2 Å². The molecular formula is C9H10N2O. The number of nitrogens with two attached hydrogens (primary N) is 1. The average Bonchev–Trinajstić information content (AvgIpc) is 2.03. The summed E-state index contributed by atoms with van der Waals surface area (Å²) < 4.78 is 0. The summed E-state index contributed by atoms with van der Waals surface area (Å²) in [4.78, 5) is 4.67. The first-order valence-corrected chi connectivity index (χ1v) is 3.57. The van der Waals surface area contributed by atoms with Gasteiger partial charge in [-0.25, -0.2) is 0 Å². The summed E-state index contributed by atoms with van der Waals surface area (Å²) in [5.41, 5.74) is 2.40. The van der Waals surface area contributed by atoms with E-state index in [0.717, 1.165) is 11.1 Å². The maximum atomic E-state index is 8.63. The van der Waals surface area contributed by atoms with Gasteiger partial charge in [0.15, 0.2) is 5.75 Å². The highest BCUT2D eigenvalue weighted by Crippen LogP contribution is 2.22. The summed E-state index contributed by atoms with van der Waals surface area (Å²) in [5, 5.41) is 8.63. The minimum Gasteiger partial charge on any atom is -0.411 e. The van der Waals surface area contributed by atoms with Gasteiger partial charge >= 0.3 is 0 Å². The third kappa shape index (κ3) is 1.39. The van der Waals surface area contributed by atoms with Crippen molar-refractivity contribution in [1.82, 2.24) is 0 Å². The summed E-state index contributed by atoms with van der Waals surface area (Å²) in [5.74, 6) is 5.71. The van der Waals surface area contributed by atoms with Gasteiger partial charge < -0.3 is 4.84 Å². The van der Waals surface area contributed by atoms with Crippen LogP contribution in [0.5, 0.6) is 5.75 Å². The number of benzene rings is 1. The Labute approximate surface area is 71.3 Å². The van der Waals surface area contributed by atoms with E-state index in [1.807, 2.05) is 13.8 Å². The fourth-order valence-electron chi connectivity index (χ4n) is 1.20. The number of rotatable bonds is 1. The molecular weight excluding hydrogens is 152 g/mol. The lowest BCUT2D eigenvalue weighted by molar-refractivity contribution is 0.329. The molecule has 0 bridgehead atoms. The second kappa shape index (κ2) is 3.24. The zero-order valence-corrected chi connectivity index (χ0v) is 7.09. The van der Waals surface area contributed by atoms with Crippen molar-refractivity contribution in [2.24, 2.45) is 5.90 Å². The molecule has 0 saturated carbocycles. The highest BCUT2D eigenvalue weighted by molar-refractivity contribution is 5.46. The molecule has 0 aliphatic rings. The van der Waals surface area contributed by atoms with Crippen molar-refractivity contribution >= 4 is 0 Å². The molecule has 3 heteroatoms. The summed E-state index contributed by atoms with van der Waals surface area (Å²) in [7, 11) is 0. The van der Waals surface area contributed by atoms with E-state index in [1.54, 1.807) is 12.1 Å². The zero-order chi connectivity index (χ0) is 9.14. The van der Waals surface area contributed by atoms with Crippen LogP contribution in [0.1, 0.15) is 16.7 Å². The number of nitrogens with zero attached hydrogens (tertiary/aromatic N) is 1. The molecule has 12 heavy (non-hydrogen) atoms. The monoisotopic (exact) mass is 162 g/mol. The van der Waals surface area contributed by atoms with Gasteiger partial charge in [-0.2, -0.15) is 11.2 Å². The third-order valence-electron chi connectivity index (χ3n) is 1.71. The van der Waals surface area contributed by atoms with Crippen molar-refractivity contribution in [3.05, 3.63) is 28.8 Å². The number of nitriles is 1. The van der Waals surface area contributed by atoms with Crippen LogP contribution in [-0.2, 0) is 0 Å². The SMILES string of the molecule is Cc1cc(C#N)cc(C)c1ON. The normalized spacial score (nSPS) is 9.17. The summed E-state index contributed by atoms with van der Waals surface area (Å²) in [6.07, 6.45) is 0. The van der Waals surface area contributed by atoms with Crippen LogP contribution in [0.4, 0.5) is 0 Å². The Bertz CT molecular complexity index is 316. The predicted molar refractivity (Wildman–Crippen MR) is 45.4 cm³/mol. The molecule has 0 aromatic heterocycles. The van der Waals surface area contributed by atoms with Crippen molar-refractivity contribution in [2.45, 2.75) is 13.8 Å². The lowest BCUT2D eigenvalue weighted by Gasteiger charge is -2.06. The lowest BCUT2D eigenvalue weighted by atomic mass is 10.1. The molecule has 0 unspecified atom stereocenters. The van der Waals surface area contributed by atoms with Gasteiger partial charge in [0.25, 0.3) is 0 Å². The quantitative estimate of drug-likeness (QED) is 0.635. The van der Waals surface area contributed by atoms with Crippen molar-refractivity contribution < 1.29 is 4.84 Å². The molecule has 3 nitrogen and oxygen atoms in total. The summed E-state index contributed by atoms with van der Waals surface area (Å²) >= 11 is 0. The fraction of sp³-hybridized carbons (Fsp3) is 0.222. The molecule has 0 saturated heterocycles. The van der Waals surface area contributed by atoms with E-state index >= 15 is 0 Å². The fourth-order valence-corrected chi connectivity index (χ4v) is 1.20. The highest BCUT2D eigenvalue weighted by Gasteiger charge is 2.04. The van der Waals surface area contributed by atoms with E-state index in [9.17, 15) is 0 Å². The first-order valence-electron chi connectivity index (χ1n) is 3.57. The van der Waals surface area contributed by atoms with Crippen molar-refractivity contribution in [1.29, 1.82) is 5.26 Å². The predicted octanol–water partition coefficient (Wildman–Crippen LogP) is 1.43. The van der Waals surface area contributed by atoms with Crippen LogP contribution in [-0.4, -0.2) is 0 Å². The van der Waals surface area contributed by atoms with E-state index in [0.29, 0.717) is 11.3 Å². The summed E-state index contributed by atoms with van der Waals surface area (Å²) in [6.45, 7) is 3.71. The number of aryl methyl sites for hydroxylation is 2. The third-order valence-corrected chi connectivity index (χ3v) is 1.71. The maximum absolute atomic E-state index is 8.63. The van der Waals surface area contributed by atoms with E-state index in [1.165, 1.54) is 0 Å². The Morgan fingerprint density at radius 3 is 2.17 bits per heavy atom. The molecule has 1 aromatic carbocycles. The molecule has 62 valence electrons.